The van der Waals surface area contributed by atoms with Crippen molar-refractivity contribution >= 4 is 28.5 Å². The minimum Gasteiger partial charge on any atom is -0.497 e. The Morgan fingerprint density at radius 3 is 2.57 bits per heavy atom. The average molecular weight is 477 g/mol. The number of anilines is 2. The van der Waals surface area contributed by atoms with E-state index in [1.807, 2.05) is 0 Å². The molecule has 5 rings (SSSR count). The van der Waals surface area contributed by atoms with Gasteiger partial charge in [-0.3, -0.25) is 4.79 Å². The zero-order chi connectivity index (χ0) is 24.4. The lowest BCUT2D eigenvalue weighted by Crippen LogP contribution is -2.38. The Balaban J connectivity index is 1.33. The standard InChI is InChI=1S/C25H24FN5O4/c1-33-18-7-8-20(34-2)19(13-18)29-24(32)16-9-11-31(12-10-16)23-21-22(15-3-5-17(26)6-4-15)30-35-25(21)28-14-27-23/h3-8,13-14,16H,9-12H2,1-2H3,(H,29,32). The van der Waals surface area contributed by atoms with E-state index in [1.54, 1.807) is 44.6 Å². The fourth-order valence-corrected chi connectivity index (χ4v) is 4.32. The second-order valence-corrected chi connectivity index (χ2v) is 8.23. The van der Waals surface area contributed by atoms with Crippen molar-refractivity contribution in [2.75, 3.05) is 37.5 Å². The predicted molar refractivity (Wildman–Crippen MR) is 128 cm³/mol. The van der Waals surface area contributed by atoms with Crippen molar-refractivity contribution < 1.29 is 23.2 Å². The summed E-state index contributed by atoms with van der Waals surface area (Å²) in [6.45, 7) is 1.24. The van der Waals surface area contributed by atoms with Crippen LogP contribution in [0.4, 0.5) is 15.9 Å². The number of nitrogens with one attached hydrogen (secondary N) is 1. The maximum Gasteiger partial charge on any atom is 0.263 e. The lowest BCUT2D eigenvalue weighted by Gasteiger charge is -2.32. The first-order chi connectivity index (χ1) is 17.1. The minimum atomic E-state index is -0.329. The van der Waals surface area contributed by atoms with Gasteiger partial charge in [0.1, 0.15) is 40.5 Å². The Morgan fingerprint density at radius 2 is 1.86 bits per heavy atom. The van der Waals surface area contributed by atoms with Crippen LogP contribution in [0.15, 0.2) is 53.3 Å². The number of hydrogen-bond donors (Lipinski definition) is 1. The third-order valence-corrected chi connectivity index (χ3v) is 6.20. The highest BCUT2D eigenvalue weighted by Gasteiger charge is 2.29. The molecule has 180 valence electrons. The van der Waals surface area contributed by atoms with Crippen molar-refractivity contribution in [1.82, 2.24) is 15.1 Å². The molecule has 2 aromatic heterocycles. The fourth-order valence-electron chi connectivity index (χ4n) is 4.32. The molecule has 10 heteroatoms. The van der Waals surface area contributed by atoms with E-state index in [1.165, 1.54) is 18.5 Å². The van der Waals surface area contributed by atoms with Gasteiger partial charge in [-0.1, -0.05) is 5.16 Å². The van der Waals surface area contributed by atoms with Crippen molar-refractivity contribution in [3.63, 3.8) is 0 Å². The largest absolute Gasteiger partial charge is 0.497 e. The number of benzene rings is 2. The molecular formula is C25H24FN5O4. The van der Waals surface area contributed by atoms with Gasteiger partial charge >= 0.3 is 0 Å². The van der Waals surface area contributed by atoms with E-state index in [4.69, 9.17) is 14.0 Å². The van der Waals surface area contributed by atoms with Gasteiger partial charge in [0.25, 0.3) is 5.71 Å². The summed E-state index contributed by atoms with van der Waals surface area (Å²) in [5.74, 6) is 1.32. The smallest absolute Gasteiger partial charge is 0.263 e. The molecule has 1 aliphatic rings. The van der Waals surface area contributed by atoms with E-state index < -0.39 is 0 Å². The molecule has 35 heavy (non-hydrogen) atoms. The van der Waals surface area contributed by atoms with Gasteiger partial charge in [0.15, 0.2) is 0 Å². The SMILES string of the molecule is COc1ccc(OC)c(NC(=O)C2CCN(c3ncnc4onc(-c5ccc(F)cc5)c34)CC2)c1. The molecule has 9 nitrogen and oxygen atoms in total. The molecule has 2 aromatic carbocycles. The average Bonchev–Trinajstić information content (AvgIpc) is 3.33. The van der Waals surface area contributed by atoms with Gasteiger partial charge in [-0.15, -0.1) is 0 Å². The highest BCUT2D eigenvalue weighted by atomic mass is 19.1. The van der Waals surface area contributed by atoms with Gasteiger partial charge in [0, 0.05) is 30.6 Å². The maximum absolute atomic E-state index is 13.4. The second kappa shape index (κ2) is 9.57. The summed E-state index contributed by atoms with van der Waals surface area (Å²) in [7, 11) is 3.13. The molecular weight excluding hydrogens is 453 g/mol. The zero-order valence-electron chi connectivity index (χ0n) is 19.3. The van der Waals surface area contributed by atoms with Crippen LogP contribution >= 0.6 is 0 Å². The number of hydrogen-bond acceptors (Lipinski definition) is 8. The summed E-state index contributed by atoms with van der Waals surface area (Å²) in [6.07, 6.45) is 2.71. The molecule has 0 aliphatic carbocycles. The molecule has 0 saturated carbocycles. The summed E-state index contributed by atoms with van der Waals surface area (Å²) in [6, 6.07) is 11.3. The third kappa shape index (κ3) is 4.46. The number of fused-ring (bicyclic) bond motifs is 1. The van der Waals surface area contributed by atoms with Crippen LogP contribution in [0.3, 0.4) is 0 Å². The first-order valence-electron chi connectivity index (χ1n) is 11.2. The van der Waals surface area contributed by atoms with Gasteiger partial charge in [-0.25, -0.2) is 9.37 Å². The van der Waals surface area contributed by atoms with Crippen LogP contribution < -0.4 is 19.7 Å². The quantitative estimate of drug-likeness (QED) is 0.439. The van der Waals surface area contributed by atoms with Gasteiger partial charge in [-0.05, 0) is 49.2 Å². The van der Waals surface area contributed by atoms with Crippen LogP contribution in [0.5, 0.6) is 11.5 Å². The molecule has 4 aromatic rings. The van der Waals surface area contributed by atoms with E-state index in [2.05, 4.69) is 25.3 Å². The molecule has 1 amide bonds. The highest BCUT2D eigenvalue weighted by molar-refractivity contribution is 5.98. The van der Waals surface area contributed by atoms with Crippen LogP contribution in [0.1, 0.15) is 12.8 Å². The fraction of sp³-hybridized carbons (Fsp3) is 0.280. The van der Waals surface area contributed by atoms with Crippen LogP contribution in [0, 0.1) is 11.7 Å². The summed E-state index contributed by atoms with van der Waals surface area (Å²) in [5.41, 5.74) is 2.20. The van der Waals surface area contributed by atoms with Crippen LogP contribution in [0.25, 0.3) is 22.4 Å². The Hall–Kier alpha value is -4.21. The number of nitrogens with zero attached hydrogens (tertiary/aromatic N) is 4. The van der Waals surface area contributed by atoms with Crippen LogP contribution in [-0.4, -0.2) is 48.3 Å². The van der Waals surface area contributed by atoms with E-state index in [9.17, 15) is 9.18 Å². The highest BCUT2D eigenvalue weighted by Crippen LogP contribution is 2.35. The monoisotopic (exact) mass is 477 g/mol. The van der Waals surface area contributed by atoms with Crippen molar-refractivity contribution in [1.29, 1.82) is 0 Å². The molecule has 0 radical (unpaired) electrons. The topological polar surface area (TPSA) is 103 Å². The Labute approximate surface area is 200 Å². The Kier molecular flexibility index (Phi) is 6.17. The van der Waals surface area contributed by atoms with Crippen LogP contribution in [0.2, 0.25) is 0 Å². The molecule has 0 unspecified atom stereocenters. The number of carbonyl (C=O) groups is 1. The summed E-state index contributed by atoms with van der Waals surface area (Å²) < 4.78 is 29.5. The van der Waals surface area contributed by atoms with Crippen molar-refractivity contribution in [2.24, 2.45) is 5.92 Å². The molecule has 1 N–H and O–H groups in total. The zero-order valence-corrected chi connectivity index (χ0v) is 19.3. The number of aromatic nitrogens is 3. The lowest BCUT2D eigenvalue weighted by atomic mass is 9.95. The van der Waals surface area contributed by atoms with Gasteiger partial charge in [0.05, 0.1) is 19.9 Å². The Morgan fingerprint density at radius 1 is 1.09 bits per heavy atom. The van der Waals surface area contributed by atoms with E-state index in [0.717, 1.165) is 0 Å². The number of ether oxygens (including phenoxy) is 2. The Bertz CT molecular complexity index is 1350. The number of halogens is 1. The maximum atomic E-state index is 13.4. The predicted octanol–water partition coefficient (Wildman–Crippen LogP) is 4.30. The van der Waals surface area contributed by atoms with Gasteiger partial charge < -0.3 is 24.2 Å². The van der Waals surface area contributed by atoms with Gasteiger partial charge in [0.2, 0.25) is 5.91 Å². The molecule has 1 saturated heterocycles. The molecule has 1 fully saturated rings. The minimum absolute atomic E-state index is 0.0685. The number of methoxy groups -OCH3 is 2. The van der Waals surface area contributed by atoms with E-state index in [-0.39, 0.29) is 17.6 Å². The summed E-state index contributed by atoms with van der Waals surface area (Å²) >= 11 is 0. The molecule has 3 heterocycles. The molecule has 0 atom stereocenters. The van der Waals surface area contributed by atoms with E-state index in [0.29, 0.717) is 71.3 Å². The number of rotatable bonds is 6. The second-order valence-electron chi connectivity index (χ2n) is 8.23. The number of amides is 1. The van der Waals surface area contributed by atoms with Crippen molar-refractivity contribution in [2.45, 2.75) is 12.8 Å². The number of carbonyl (C=O) groups excluding carboxylic acids is 1. The molecule has 1 aliphatic heterocycles. The van der Waals surface area contributed by atoms with Crippen LogP contribution in [-0.2, 0) is 4.79 Å². The lowest BCUT2D eigenvalue weighted by molar-refractivity contribution is -0.120. The normalized spacial score (nSPS) is 14.2. The third-order valence-electron chi connectivity index (χ3n) is 6.20. The number of piperidine rings is 1. The molecule has 0 bridgehead atoms. The summed E-state index contributed by atoms with van der Waals surface area (Å²) in [4.78, 5) is 23.8. The van der Waals surface area contributed by atoms with Crippen molar-refractivity contribution in [3.8, 4) is 22.8 Å². The van der Waals surface area contributed by atoms with Gasteiger partial charge in [-0.2, -0.15) is 4.98 Å². The first kappa shape index (κ1) is 22.6. The van der Waals surface area contributed by atoms with E-state index >= 15 is 0 Å². The summed E-state index contributed by atoms with van der Waals surface area (Å²) in [5, 5.41) is 7.81. The first-order valence-corrected chi connectivity index (χ1v) is 11.2. The molecule has 0 spiro atoms. The van der Waals surface area contributed by atoms with Crippen molar-refractivity contribution in [3.05, 3.63) is 54.6 Å².